The van der Waals surface area contributed by atoms with Crippen molar-refractivity contribution >= 4 is 17.1 Å². The summed E-state index contributed by atoms with van der Waals surface area (Å²) in [4.78, 5) is 17.4. The monoisotopic (exact) mass is 362 g/mol. The molecule has 0 amide bonds. The molecular formula is C20H30N2O4. The lowest BCUT2D eigenvalue weighted by Gasteiger charge is -2.10. The van der Waals surface area contributed by atoms with Crippen molar-refractivity contribution in [3.05, 3.63) is 30.0 Å². The highest BCUT2D eigenvalue weighted by Crippen LogP contribution is 2.29. The number of ether oxygens (including phenoxy) is 2. The normalized spacial score (nSPS) is 11.2. The molecule has 144 valence electrons. The highest BCUT2D eigenvalue weighted by Gasteiger charge is 2.14. The van der Waals surface area contributed by atoms with Crippen LogP contribution in [-0.4, -0.2) is 55.0 Å². The van der Waals surface area contributed by atoms with E-state index in [0.717, 1.165) is 61.5 Å². The molecule has 6 heteroatoms. The van der Waals surface area contributed by atoms with E-state index < -0.39 is 6.16 Å². The lowest BCUT2D eigenvalue weighted by Crippen LogP contribution is -2.15. The molecule has 0 aliphatic rings. The van der Waals surface area contributed by atoms with Crippen LogP contribution < -0.4 is 4.74 Å². The largest absolute Gasteiger partial charge is 0.513 e. The summed E-state index contributed by atoms with van der Waals surface area (Å²) in [5.41, 5.74) is 2.08. The standard InChI is InChI=1S/C20H30N2O4/c1-22(2)12-11-16-15-21-17-9-8-10-18(19(16)17)26-20(24)25-14-7-5-3-4-6-13-23/h8-10,15,21,23H,3-7,11-14H2,1-2H3. The van der Waals surface area contributed by atoms with Gasteiger partial charge in [0, 0.05) is 30.3 Å². The smallest absolute Gasteiger partial charge is 0.434 e. The number of aliphatic hydroxyl groups is 1. The minimum atomic E-state index is -0.660. The van der Waals surface area contributed by atoms with E-state index in [4.69, 9.17) is 14.6 Å². The first kappa shape index (κ1) is 20.3. The third kappa shape index (κ3) is 6.35. The number of H-pyrrole nitrogens is 1. The van der Waals surface area contributed by atoms with Crippen LogP contribution in [0.4, 0.5) is 4.79 Å². The van der Waals surface area contributed by atoms with Crippen LogP contribution in [-0.2, 0) is 11.2 Å². The van der Waals surface area contributed by atoms with Crippen LogP contribution in [0.3, 0.4) is 0 Å². The molecule has 1 heterocycles. The fourth-order valence-electron chi connectivity index (χ4n) is 2.86. The van der Waals surface area contributed by atoms with Gasteiger partial charge >= 0.3 is 6.16 Å². The van der Waals surface area contributed by atoms with E-state index in [-0.39, 0.29) is 6.61 Å². The average molecular weight is 362 g/mol. The van der Waals surface area contributed by atoms with E-state index in [1.807, 2.05) is 32.4 Å². The summed E-state index contributed by atoms with van der Waals surface area (Å²) in [5.74, 6) is 0.533. The third-order valence-corrected chi connectivity index (χ3v) is 4.29. The lowest BCUT2D eigenvalue weighted by molar-refractivity contribution is 0.0977. The maximum Gasteiger partial charge on any atom is 0.513 e. The number of carbonyl (C=O) groups is 1. The Labute approximate surface area is 155 Å². The SMILES string of the molecule is CN(C)CCc1c[nH]c2cccc(OC(=O)OCCCCCCCO)c12. The maximum absolute atomic E-state index is 12.0. The first-order chi connectivity index (χ1) is 12.6. The van der Waals surface area contributed by atoms with Crippen molar-refractivity contribution in [2.75, 3.05) is 33.9 Å². The molecule has 2 N–H and O–H groups in total. The van der Waals surface area contributed by atoms with Crippen molar-refractivity contribution in [1.29, 1.82) is 0 Å². The van der Waals surface area contributed by atoms with Crippen LogP contribution in [0.5, 0.6) is 5.75 Å². The van der Waals surface area contributed by atoms with Crippen molar-refractivity contribution in [3.8, 4) is 5.75 Å². The second kappa shape index (κ2) is 10.8. The molecule has 2 rings (SSSR count). The molecule has 0 radical (unpaired) electrons. The zero-order valence-corrected chi connectivity index (χ0v) is 15.8. The number of likely N-dealkylation sites (N-methyl/N-ethyl adjacent to an activating group) is 1. The molecule has 1 aromatic carbocycles. The Balaban J connectivity index is 1.87. The molecule has 0 bridgehead atoms. The predicted octanol–water partition coefficient (Wildman–Crippen LogP) is 3.73. The van der Waals surface area contributed by atoms with Crippen molar-refractivity contribution < 1.29 is 19.4 Å². The van der Waals surface area contributed by atoms with Gasteiger partial charge < -0.3 is 24.5 Å². The number of hydrogen-bond donors (Lipinski definition) is 2. The van der Waals surface area contributed by atoms with E-state index >= 15 is 0 Å². The van der Waals surface area contributed by atoms with Crippen molar-refractivity contribution in [2.24, 2.45) is 0 Å². The Kier molecular flexibility index (Phi) is 8.44. The van der Waals surface area contributed by atoms with Gasteiger partial charge in [-0.25, -0.2) is 4.79 Å². The molecule has 6 nitrogen and oxygen atoms in total. The number of fused-ring (bicyclic) bond motifs is 1. The summed E-state index contributed by atoms with van der Waals surface area (Å²) in [6.45, 7) is 1.51. The molecule has 0 fully saturated rings. The van der Waals surface area contributed by atoms with Crippen molar-refractivity contribution in [2.45, 2.75) is 38.5 Å². The molecule has 0 spiro atoms. The van der Waals surface area contributed by atoms with Crippen LogP contribution >= 0.6 is 0 Å². The number of nitrogens with one attached hydrogen (secondary N) is 1. The summed E-state index contributed by atoms with van der Waals surface area (Å²) >= 11 is 0. The molecule has 26 heavy (non-hydrogen) atoms. The zero-order valence-electron chi connectivity index (χ0n) is 15.8. The molecule has 1 aromatic heterocycles. The first-order valence-electron chi connectivity index (χ1n) is 9.31. The zero-order chi connectivity index (χ0) is 18.8. The van der Waals surface area contributed by atoms with Gasteiger partial charge in [0.25, 0.3) is 0 Å². The number of nitrogens with zero attached hydrogens (tertiary/aromatic N) is 1. The summed E-state index contributed by atoms with van der Waals surface area (Å²) in [6, 6.07) is 5.63. The number of unbranched alkanes of at least 4 members (excludes halogenated alkanes) is 4. The number of aromatic nitrogens is 1. The van der Waals surface area contributed by atoms with Crippen LogP contribution in [0.25, 0.3) is 10.9 Å². The molecule has 0 unspecified atom stereocenters. The van der Waals surface area contributed by atoms with Crippen LogP contribution in [0.15, 0.2) is 24.4 Å². The lowest BCUT2D eigenvalue weighted by atomic mass is 10.1. The van der Waals surface area contributed by atoms with Crippen molar-refractivity contribution in [3.63, 3.8) is 0 Å². The van der Waals surface area contributed by atoms with Gasteiger partial charge in [0.1, 0.15) is 5.75 Å². The second-order valence-electron chi connectivity index (χ2n) is 6.74. The molecular weight excluding hydrogens is 332 g/mol. The fourth-order valence-corrected chi connectivity index (χ4v) is 2.86. The number of rotatable bonds is 11. The Hall–Kier alpha value is -2.05. The quantitative estimate of drug-likeness (QED) is 0.362. The molecule has 2 aromatic rings. The molecule has 0 aliphatic heterocycles. The van der Waals surface area contributed by atoms with Gasteiger partial charge in [-0.2, -0.15) is 0 Å². The summed E-state index contributed by atoms with van der Waals surface area (Å²) < 4.78 is 10.6. The van der Waals surface area contributed by atoms with E-state index in [9.17, 15) is 4.79 Å². The van der Waals surface area contributed by atoms with E-state index in [1.165, 1.54) is 0 Å². The van der Waals surface area contributed by atoms with E-state index in [2.05, 4.69) is 9.88 Å². The summed E-state index contributed by atoms with van der Waals surface area (Å²) in [6.07, 6.45) is 6.85. The maximum atomic E-state index is 12.0. The van der Waals surface area contributed by atoms with Gasteiger partial charge in [0.15, 0.2) is 0 Å². The Morgan fingerprint density at radius 1 is 1.15 bits per heavy atom. The molecule has 0 atom stereocenters. The van der Waals surface area contributed by atoms with Gasteiger partial charge in [-0.15, -0.1) is 0 Å². The minimum absolute atomic E-state index is 0.240. The van der Waals surface area contributed by atoms with E-state index in [0.29, 0.717) is 12.4 Å². The number of aliphatic hydroxyl groups excluding tert-OH is 1. The van der Waals surface area contributed by atoms with Gasteiger partial charge in [-0.1, -0.05) is 25.3 Å². The van der Waals surface area contributed by atoms with Crippen molar-refractivity contribution in [1.82, 2.24) is 9.88 Å². The molecule has 0 saturated carbocycles. The number of carbonyl (C=O) groups excluding carboxylic acids is 1. The molecule has 0 saturated heterocycles. The summed E-state index contributed by atoms with van der Waals surface area (Å²) in [5, 5.41) is 9.67. The van der Waals surface area contributed by atoms with Crippen LogP contribution in [0.2, 0.25) is 0 Å². The Morgan fingerprint density at radius 3 is 2.69 bits per heavy atom. The highest BCUT2D eigenvalue weighted by molar-refractivity contribution is 5.90. The fraction of sp³-hybridized carbons (Fsp3) is 0.550. The van der Waals surface area contributed by atoms with Gasteiger partial charge in [0.2, 0.25) is 0 Å². The second-order valence-corrected chi connectivity index (χ2v) is 6.74. The van der Waals surface area contributed by atoms with Gasteiger partial charge in [0.05, 0.1) is 6.61 Å². The number of aromatic amines is 1. The number of benzene rings is 1. The Bertz CT molecular complexity index is 682. The summed E-state index contributed by atoms with van der Waals surface area (Å²) in [7, 11) is 4.07. The first-order valence-corrected chi connectivity index (χ1v) is 9.31. The van der Waals surface area contributed by atoms with Gasteiger partial charge in [-0.3, -0.25) is 0 Å². The number of hydrogen-bond acceptors (Lipinski definition) is 5. The molecule has 0 aliphatic carbocycles. The highest BCUT2D eigenvalue weighted by atomic mass is 16.7. The predicted molar refractivity (Wildman–Crippen MR) is 103 cm³/mol. The Morgan fingerprint density at radius 2 is 1.92 bits per heavy atom. The average Bonchev–Trinajstić information content (AvgIpc) is 3.03. The van der Waals surface area contributed by atoms with E-state index in [1.54, 1.807) is 6.07 Å². The topological polar surface area (TPSA) is 74.8 Å². The van der Waals surface area contributed by atoms with Crippen LogP contribution in [0.1, 0.15) is 37.7 Å². The third-order valence-electron chi connectivity index (χ3n) is 4.29. The van der Waals surface area contributed by atoms with Gasteiger partial charge in [-0.05, 0) is 51.1 Å². The van der Waals surface area contributed by atoms with Crippen LogP contribution in [0, 0.1) is 0 Å². The minimum Gasteiger partial charge on any atom is -0.434 e.